The lowest BCUT2D eigenvalue weighted by Gasteiger charge is -2.23. The van der Waals surface area contributed by atoms with Gasteiger partial charge < -0.3 is 4.74 Å². The zero-order chi connectivity index (χ0) is 29.5. The van der Waals surface area contributed by atoms with E-state index in [2.05, 4.69) is 152 Å². The zero-order valence-electron chi connectivity index (χ0n) is 24.4. The molecule has 9 aromatic rings. The second kappa shape index (κ2) is 9.29. The Balaban J connectivity index is 1.18. The number of hydrogen-bond donors (Lipinski definition) is 0. The number of para-hydroxylation sites is 1. The molecule has 0 N–H and O–H groups in total. The largest absolute Gasteiger partial charge is 0.455 e. The normalized spacial score (nSPS) is 12.2. The van der Waals surface area contributed by atoms with E-state index in [1.165, 1.54) is 70.9 Å². The molecule has 0 radical (unpaired) electrons. The maximum Gasteiger partial charge on any atom is 0.143 e. The molecule has 45 heavy (non-hydrogen) atoms. The maximum absolute atomic E-state index is 6.68. The molecule has 0 spiro atoms. The Morgan fingerprint density at radius 3 is 1.60 bits per heavy atom. The van der Waals surface area contributed by atoms with Crippen molar-refractivity contribution >= 4 is 43.1 Å². The van der Waals surface area contributed by atoms with Crippen molar-refractivity contribution < 1.29 is 4.74 Å². The monoisotopic (exact) mass is 570 g/mol. The minimum atomic E-state index is 0.905. The predicted octanol–water partition coefficient (Wildman–Crippen LogP) is 12.5. The molecule has 0 fully saturated rings. The van der Waals surface area contributed by atoms with Crippen molar-refractivity contribution in [2.75, 3.05) is 0 Å². The van der Waals surface area contributed by atoms with Crippen LogP contribution in [0.4, 0.5) is 0 Å². The molecule has 1 nitrogen and oxygen atoms in total. The first-order valence-electron chi connectivity index (χ1n) is 15.5. The molecule has 0 unspecified atom stereocenters. The fourth-order valence-electron chi connectivity index (χ4n) is 7.57. The quantitative estimate of drug-likeness (QED) is 0.192. The Kier molecular flexibility index (Phi) is 5.06. The van der Waals surface area contributed by atoms with Gasteiger partial charge in [0.15, 0.2) is 0 Å². The maximum atomic E-state index is 6.68. The third-order valence-corrected chi connectivity index (χ3v) is 9.62. The molecule has 0 saturated heterocycles. The van der Waals surface area contributed by atoms with Crippen LogP contribution < -0.4 is 4.74 Å². The lowest BCUT2D eigenvalue weighted by Crippen LogP contribution is -1.98. The van der Waals surface area contributed by atoms with E-state index in [-0.39, 0.29) is 0 Å². The molecule has 208 valence electrons. The van der Waals surface area contributed by atoms with E-state index in [0.717, 1.165) is 28.2 Å². The van der Waals surface area contributed by atoms with Gasteiger partial charge in [0.05, 0.1) is 0 Å². The van der Waals surface area contributed by atoms with E-state index >= 15 is 0 Å². The van der Waals surface area contributed by atoms with Gasteiger partial charge in [-0.3, -0.25) is 0 Å². The van der Waals surface area contributed by atoms with Gasteiger partial charge in [0.1, 0.15) is 11.5 Å². The van der Waals surface area contributed by atoms with Crippen molar-refractivity contribution in [2.45, 2.75) is 0 Å². The summed E-state index contributed by atoms with van der Waals surface area (Å²) in [5.74, 6) is 1.84. The summed E-state index contributed by atoms with van der Waals surface area (Å²) in [6, 6.07) is 57.2. The van der Waals surface area contributed by atoms with Crippen LogP contribution in [0.15, 0.2) is 158 Å². The van der Waals surface area contributed by atoms with Crippen molar-refractivity contribution in [2.24, 2.45) is 0 Å². The molecule has 10 rings (SSSR count). The summed E-state index contributed by atoms with van der Waals surface area (Å²) in [4.78, 5) is 0. The zero-order valence-corrected chi connectivity index (χ0v) is 24.4. The van der Waals surface area contributed by atoms with E-state index in [4.69, 9.17) is 4.74 Å². The highest BCUT2D eigenvalue weighted by atomic mass is 16.5. The molecule has 0 bridgehead atoms. The van der Waals surface area contributed by atoms with E-state index in [0.29, 0.717) is 0 Å². The van der Waals surface area contributed by atoms with Crippen molar-refractivity contribution in [1.29, 1.82) is 0 Å². The average molecular weight is 571 g/mol. The highest BCUT2D eigenvalue weighted by molar-refractivity contribution is 6.27. The molecule has 0 aliphatic carbocycles. The minimum absolute atomic E-state index is 0.905. The van der Waals surface area contributed by atoms with Crippen LogP contribution in [0.3, 0.4) is 0 Å². The van der Waals surface area contributed by atoms with Gasteiger partial charge in [-0.1, -0.05) is 140 Å². The van der Waals surface area contributed by atoms with Gasteiger partial charge in [-0.2, -0.15) is 0 Å². The Hall–Kier alpha value is -5.92. The predicted molar refractivity (Wildman–Crippen MR) is 189 cm³/mol. The topological polar surface area (TPSA) is 9.23 Å². The van der Waals surface area contributed by atoms with Gasteiger partial charge in [0.2, 0.25) is 0 Å². The summed E-state index contributed by atoms with van der Waals surface area (Å²) in [7, 11) is 0. The molecule has 1 aliphatic heterocycles. The Bertz CT molecular complexity index is 2610. The molecule has 1 heteroatoms. The molecule has 0 aromatic heterocycles. The van der Waals surface area contributed by atoms with Crippen molar-refractivity contribution in [1.82, 2.24) is 0 Å². The van der Waals surface area contributed by atoms with Crippen LogP contribution >= 0.6 is 0 Å². The molecule has 1 heterocycles. The first-order chi connectivity index (χ1) is 22.3. The molecule has 0 atom stereocenters. The molecule has 9 aromatic carbocycles. The van der Waals surface area contributed by atoms with Crippen molar-refractivity contribution in [3.05, 3.63) is 158 Å². The molecule has 0 saturated carbocycles. The van der Waals surface area contributed by atoms with E-state index in [1.807, 2.05) is 6.07 Å². The van der Waals surface area contributed by atoms with Crippen LogP contribution in [-0.2, 0) is 0 Å². The number of hydrogen-bond acceptors (Lipinski definition) is 1. The minimum Gasteiger partial charge on any atom is -0.455 e. The number of fused-ring (bicyclic) bond motifs is 2. The highest BCUT2D eigenvalue weighted by Crippen LogP contribution is 2.50. The summed E-state index contributed by atoms with van der Waals surface area (Å²) >= 11 is 0. The second-order valence-corrected chi connectivity index (χ2v) is 12.0. The third-order valence-electron chi connectivity index (χ3n) is 9.62. The molecule has 1 aliphatic rings. The first kappa shape index (κ1) is 24.5. The van der Waals surface area contributed by atoms with Gasteiger partial charge in [-0.15, -0.1) is 0 Å². The van der Waals surface area contributed by atoms with Gasteiger partial charge in [-0.25, -0.2) is 0 Å². The lowest BCUT2D eigenvalue weighted by atomic mass is 9.86. The number of rotatable bonds is 3. The van der Waals surface area contributed by atoms with Crippen LogP contribution in [0.2, 0.25) is 0 Å². The van der Waals surface area contributed by atoms with E-state index in [9.17, 15) is 0 Å². The van der Waals surface area contributed by atoms with Gasteiger partial charge in [0, 0.05) is 16.5 Å². The second-order valence-electron chi connectivity index (χ2n) is 12.0. The summed E-state index contributed by atoms with van der Waals surface area (Å²) in [5.41, 5.74) is 9.59. The van der Waals surface area contributed by atoms with Gasteiger partial charge in [0.25, 0.3) is 0 Å². The number of benzene rings is 9. The first-order valence-corrected chi connectivity index (χ1v) is 15.5. The molecular formula is C44H26O. The van der Waals surface area contributed by atoms with Crippen LogP contribution in [-0.4, -0.2) is 0 Å². The van der Waals surface area contributed by atoms with E-state index in [1.54, 1.807) is 0 Å². The summed E-state index contributed by atoms with van der Waals surface area (Å²) in [6.45, 7) is 0. The molecule has 0 amide bonds. The average Bonchev–Trinajstić information content (AvgIpc) is 3.11. The summed E-state index contributed by atoms with van der Waals surface area (Å²) in [6.07, 6.45) is 0. The van der Waals surface area contributed by atoms with Crippen LogP contribution in [0.1, 0.15) is 0 Å². The van der Waals surface area contributed by atoms with Crippen molar-refractivity contribution in [3.8, 4) is 56.0 Å². The molecular weight excluding hydrogens is 544 g/mol. The third kappa shape index (κ3) is 3.56. The van der Waals surface area contributed by atoms with Crippen molar-refractivity contribution in [3.63, 3.8) is 0 Å². The summed E-state index contributed by atoms with van der Waals surface area (Å²) < 4.78 is 6.68. The smallest absolute Gasteiger partial charge is 0.143 e. The summed E-state index contributed by atoms with van der Waals surface area (Å²) in [5, 5.41) is 10.2. The highest BCUT2D eigenvalue weighted by Gasteiger charge is 2.23. The van der Waals surface area contributed by atoms with E-state index < -0.39 is 0 Å². The van der Waals surface area contributed by atoms with Gasteiger partial charge in [-0.05, 0) is 89.3 Å². The standard InChI is InChI=1S/C44H26O/c1-2-8-27(9-3-1)33-21-16-29-20-25-39-34(22-17-30-19-24-38(33)41(29)42(30)39)31-11-6-12-32(26-31)35-23-18-28-10-7-14-37-36-13-4-5-15-40(36)45-44(35)43(28)37/h1-26H. The van der Waals surface area contributed by atoms with Crippen LogP contribution in [0.5, 0.6) is 11.5 Å². The van der Waals surface area contributed by atoms with Crippen LogP contribution in [0, 0.1) is 0 Å². The Labute approximate surface area is 260 Å². The fourth-order valence-corrected chi connectivity index (χ4v) is 7.57. The SMILES string of the molecule is c1ccc(-c2ccc3ccc4c(-c5cccc(-c6ccc7cccc8c7c6Oc6ccccc6-8)c5)ccc5ccc2c3c54)cc1. The van der Waals surface area contributed by atoms with Gasteiger partial charge >= 0.3 is 0 Å². The Morgan fingerprint density at radius 1 is 0.311 bits per heavy atom. The fraction of sp³-hybridized carbons (Fsp3) is 0. The Morgan fingerprint density at radius 2 is 0.844 bits per heavy atom. The number of ether oxygens (including phenoxy) is 1. The lowest BCUT2D eigenvalue weighted by molar-refractivity contribution is 0.489. The van der Waals surface area contributed by atoms with Crippen LogP contribution in [0.25, 0.3) is 87.6 Å².